The highest BCUT2D eigenvalue weighted by molar-refractivity contribution is 14.1. The Morgan fingerprint density at radius 1 is 0.966 bits per heavy atom. The Balaban J connectivity index is 1.72. The lowest BCUT2D eigenvalue weighted by atomic mass is 10.2. The molecular formula is C18H15Cl2IN4O3S. The van der Waals surface area contributed by atoms with Gasteiger partial charge in [-0.25, -0.2) is 0 Å². The summed E-state index contributed by atoms with van der Waals surface area (Å²) in [5.41, 5.74) is 5.60. The molecule has 2 aromatic carbocycles. The Hall–Kier alpha value is -1.95. The van der Waals surface area contributed by atoms with E-state index in [2.05, 4.69) is 21.5 Å². The fourth-order valence-corrected chi connectivity index (χ4v) is 3.30. The predicted molar refractivity (Wildman–Crippen MR) is 125 cm³/mol. The van der Waals surface area contributed by atoms with Crippen LogP contribution < -0.4 is 21.5 Å². The number of anilines is 1. The van der Waals surface area contributed by atoms with Crippen LogP contribution in [0.15, 0.2) is 42.5 Å². The summed E-state index contributed by atoms with van der Waals surface area (Å²) in [5, 5.41) is 5.73. The van der Waals surface area contributed by atoms with Crippen LogP contribution in [0.4, 0.5) is 5.69 Å². The van der Waals surface area contributed by atoms with E-state index >= 15 is 0 Å². The van der Waals surface area contributed by atoms with Crippen LogP contribution in [0, 0.1) is 3.57 Å². The van der Waals surface area contributed by atoms with E-state index in [4.69, 9.17) is 35.4 Å². The van der Waals surface area contributed by atoms with Crippen molar-refractivity contribution in [3.05, 3.63) is 61.6 Å². The van der Waals surface area contributed by atoms with Gasteiger partial charge in [-0.3, -0.25) is 30.6 Å². The van der Waals surface area contributed by atoms with Gasteiger partial charge in [-0.05, 0) is 65.1 Å². The number of nitrogens with one attached hydrogen (secondary N) is 4. The van der Waals surface area contributed by atoms with Gasteiger partial charge in [0.25, 0.3) is 5.91 Å². The van der Waals surface area contributed by atoms with Crippen LogP contribution in [0.5, 0.6) is 0 Å². The molecule has 11 heteroatoms. The smallest absolute Gasteiger partial charge is 0.258 e. The van der Waals surface area contributed by atoms with Gasteiger partial charge in [0.2, 0.25) is 11.8 Å². The molecule has 0 bridgehead atoms. The first kappa shape index (κ1) is 23.3. The van der Waals surface area contributed by atoms with Crippen molar-refractivity contribution in [1.82, 2.24) is 16.2 Å². The Labute approximate surface area is 196 Å². The van der Waals surface area contributed by atoms with Gasteiger partial charge in [0.15, 0.2) is 5.11 Å². The molecular weight excluding hydrogens is 550 g/mol. The third kappa shape index (κ3) is 7.77. The predicted octanol–water partition coefficient (Wildman–Crippen LogP) is 3.65. The van der Waals surface area contributed by atoms with Gasteiger partial charge in [-0.15, -0.1) is 0 Å². The molecule has 0 heterocycles. The summed E-state index contributed by atoms with van der Waals surface area (Å²) in [6.45, 7) is 0. The zero-order chi connectivity index (χ0) is 21.4. The maximum atomic E-state index is 12.1. The average Bonchev–Trinajstić information content (AvgIpc) is 2.67. The molecule has 0 atom stereocenters. The van der Waals surface area contributed by atoms with Crippen molar-refractivity contribution in [2.75, 3.05) is 5.32 Å². The molecule has 0 saturated heterocycles. The van der Waals surface area contributed by atoms with Crippen LogP contribution in [0.1, 0.15) is 23.2 Å². The number of hydrogen-bond acceptors (Lipinski definition) is 4. The minimum absolute atomic E-state index is 0.0691. The Morgan fingerprint density at radius 3 is 2.34 bits per heavy atom. The van der Waals surface area contributed by atoms with Gasteiger partial charge in [-0.1, -0.05) is 35.3 Å². The second-order valence-corrected chi connectivity index (χ2v) is 8.02. The zero-order valence-corrected chi connectivity index (χ0v) is 19.2. The first-order valence-corrected chi connectivity index (χ1v) is 10.4. The van der Waals surface area contributed by atoms with E-state index in [1.165, 1.54) is 6.07 Å². The lowest BCUT2D eigenvalue weighted by Crippen LogP contribution is -2.48. The fraction of sp³-hybridized carbons (Fsp3) is 0.111. The minimum Gasteiger partial charge on any atom is -0.325 e. The molecule has 0 spiro atoms. The van der Waals surface area contributed by atoms with E-state index in [1.54, 1.807) is 30.3 Å². The van der Waals surface area contributed by atoms with E-state index in [-0.39, 0.29) is 23.9 Å². The highest BCUT2D eigenvalue weighted by atomic mass is 127. The van der Waals surface area contributed by atoms with Crippen molar-refractivity contribution in [2.24, 2.45) is 0 Å². The molecule has 2 rings (SSSR count). The Morgan fingerprint density at radius 2 is 1.66 bits per heavy atom. The minimum atomic E-state index is -0.478. The molecule has 0 radical (unpaired) electrons. The number of halogens is 3. The molecule has 3 amide bonds. The maximum Gasteiger partial charge on any atom is 0.258 e. The van der Waals surface area contributed by atoms with Crippen LogP contribution in [0.25, 0.3) is 0 Å². The molecule has 4 N–H and O–H groups in total. The van der Waals surface area contributed by atoms with E-state index in [0.717, 1.165) is 3.57 Å². The molecule has 0 saturated carbocycles. The third-order valence-electron chi connectivity index (χ3n) is 3.45. The molecule has 152 valence electrons. The molecule has 0 aliphatic carbocycles. The Bertz CT molecular complexity index is 958. The van der Waals surface area contributed by atoms with Gasteiger partial charge < -0.3 is 5.32 Å². The first-order chi connectivity index (χ1) is 13.8. The quantitative estimate of drug-likeness (QED) is 0.252. The monoisotopic (exact) mass is 564 g/mol. The molecule has 0 aliphatic rings. The number of amides is 3. The summed E-state index contributed by atoms with van der Waals surface area (Å²) in [6, 6.07) is 11.6. The van der Waals surface area contributed by atoms with Gasteiger partial charge in [0.1, 0.15) is 0 Å². The highest BCUT2D eigenvalue weighted by Crippen LogP contribution is 2.25. The van der Waals surface area contributed by atoms with E-state index in [1.807, 2.05) is 28.7 Å². The fourth-order valence-electron chi connectivity index (χ4n) is 2.07. The zero-order valence-electron chi connectivity index (χ0n) is 14.7. The number of benzene rings is 2. The van der Waals surface area contributed by atoms with E-state index < -0.39 is 11.8 Å². The van der Waals surface area contributed by atoms with Crippen molar-refractivity contribution >= 4 is 86.5 Å². The van der Waals surface area contributed by atoms with Crippen molar-refractivity contribution in [2.45, 2.75) is 12.8 Å². The SMILES string of the molecule is O=C(CCC(=O)Nc1ccc(Cl)cc1Cl)NNC(=S)NC(=O)c1ccccc1I. The molecule has 29 heavy (non-hydrogen) atoms. The number of hydrogen-bond donors (Lipinski definition) is 4. The summed E-state index contributed by atoms with van der Waals surface area (Å²) in [5.74, 6) is -1.27. The number of hydrazine groups is 1. The molecule has 2 aromatic rings. The van der Waals surface area contributed by atoms with Gasteiger partial charge in [0, 0.05) is 21.4 Å². The standard InChI is InChI=1S/C18H15Cl2IN4O3S/c19-10-5-6-14(12(20)9-10)22-15(26)7-8-16(27)24-25-18(29)23-17(28)11-3-1-2-4-13(11)21/h1-6,9H,7-8H2,(H,22,26)(H,24,27)(H2,23,25,28,29). The number of carbonyl (C=O) groups is 3. The normalized spacial score (nSPS) is 10.0. The van der Waals surface area contributed by atoms with E-state index in [9.17, 15) is 14.4 Å². The van der Waals surface area contributed by atoms with Crippen molar-refractivity contribution in [1.29, 1.82) is 0 Å². The number of rotatable bonds is 5. The third-order valence-corrected chi connectivity index (χ3v) is 5.14. The van der Waals surface area contributed by atoms with Crippen LogP contribution in [0.3, 0.4) is 0 Å². The molecule has 0 aromatic heterocycles. The average molecular weight is 565 g/mol. The van der Waals surface area contributed by atoms with Gasteiger partial charge >= 0.3 is 0 Å². The first-order valence-electron chi connectivity index (χ1n) is 8.16. The van der Waals surface area contributed by atoms with E-state index in [0.29, 0.717) is 21.3 Å². The second-order valence-electron chi connectivity index (χ2n) is 5.61. The summed E-state index contributed by atoms with van der Waals surface area (Å²) in [6.07, 6.45) is -0.176. The molecule has 0 unspecified atom stereocenters. The number of thiocarbonyl (C=S) groups is 1. The van der Waals surface area contributed by atoms with Crippen molar-refractivity contribution in [3.8, 4) is 0 Å². The van der Waals surface area contributed by atoms with Crippen molar-refractivity contribution < 1.29 is 14.4 Å². The lowest BCUT2D eigenvalue weighted by Gasteiger charge is -2.11. The largest absolute Gasteiger partial charge is 0.325 e. The topological polar surface area (TPSA) is 99.3 Å². The Kier molecular flexibility index (Phi) is 9.08. The molecule has 0 aliphatic heterocycles. The summed E-state index contributed by atoms with van der Waals surface area (Å²) in [4.78, 5) is 35.9. The maximum absolute atomic E-state index is 12.1. The van der Waals surface area contributed by atoms with Crippen LogP contribution >= 0.6 is 58.0 Å². The van der Waals surface area contributed by atoms with Crippen LogP contribution in [0.2, 0.25) is 10.0 Å². The van der Waals surface area contributed by atoms with Gasteiger partial charge in [0.05, 0.1) is 16.3 Å². The lowest BCUT2D eigenvalue weighted by molar-refractivity contribution is -0.124. The summed E-state index contributed by atoms with van der Waals surface area (Å²) in [7, 11) is 0. The van der Waals surface area contributed by atoms with Crippen LogP contribution in [-0.2, 0) is 9.59 Å². The summed E-state index contributed by atoms with van der Waals surface area (Å²) >= 11 is 18.8. The second kappa shape index (κ2) is 11.3. The van der Waals surface area contributed by atoms with Crippen LogP contribution in [-0.4, -0.2) is 22.8 Å². The summed E-state index contributed by atoms with van der Waals surface area (Å²) < 4.78 is 0.765. The van der Waals surface area contributed by atoms with Gasteiger partial charge in [-0.2, -0.15) is 0 Å². The molecule has 7 nitrogen and oxygen atoms in total. The van der Waals surface area contributed by atoms with Crippen molar-refractivity contribution in [3.63, 3.8) is 0 Å². The molecule has 0 fully saturated rings. The highest BCUT2D eigenvalue weighted by Gasteiger charge is 2.12. The number of carbonyl (C=O) groups excluding carboxylic acids is 3.